The van der Waals surface area contributed by atoms with Crippen LogP contribution in [0.2, 0.25) is 0 Å². The number of halogens is 1. The lowest BCUT2D eigenvalue weighted by atomic mass is 10.3. The van der Waals surface area contributed by atoms with E-state index in [0.717, 1.165) is 24.3 Å². The van der Waals surface area contributed by atoms with E-state index in [1.54, 1.807) is 29.2 Å². The van der Waals surface area contributed by atoms with Gasteiger partial charge in [0, 0.05) is 11.8 Å². The molecule has 0 saturated heterocycles. The molecule has 2 N–H and O–H groups in total. The summed E-state index contributed by atoms with van der Waals surface area (Å²) in [7, 11) is -2.61. The third-order valence-electron chi connectivity index (χ3n) is 3.20. The zero-order valence-electron chi connectivity index (χ0n) is 14.7. The molecule has 0 saturated carbocycles. The Morgan fingerprint density at radius 3 is 2.46 bits per heavy atom. The Morgan fingerprint density at radius 1 is 1.07 bits per heavy atom. The van der Waals surface area contributed by atoms with Gasteiger partial charge in [0.2, 0.25) is 0 Å². The van der Waals surface area contributed by atoms with Crippen LogP contribution < -0.4 is 14.9 Å². The van der Waals surface area contributed by atoms with Crippen molar-refractivity contribution in [1.82, 2.24) is 4.89 Å². The number of nitrogens with one attached hydrogen (secondary N) is 2. The van der Waals surface area contributed by atoms with Gasteiger partial charge in [0.1, 0.15) is 11.6 Å². The smallest absolute Gasteiger partial charge is 0.334 e. The molecule has 0 aliphatic heterocycles. The lowest BCUT2D eigenvalue weighted by Crippen LogP contribution is -2.29. The highest BCUT2D eigenvalue weighted by atomic mass is 32.2. The van der Waals surface area contributed by atoms with E-state index in [2.05, 4.69) is 14.9 Å². The fourth-order valence-corrected chi connectivity index (χ4v) is 2.72. The van der Waals surface area contributed by atoms with Gasteiger partial charge in [-0.1, -0.05) is 11.0 Å². The Balaban J connectivity index is 1.73. The standard InChI is InChI=1S/C17H17FN2O7S/c1-25-14-4-2-3-13(9-14)19-16(21)10-26-17(22)11-27-20-28(23,24)15-7-5-12(18)6-8-15/h2-9,20H,10-11H2,1H3,(H,19,21). The number of anilines is 1. The van der Waals surface area contributed by atoms with E-state index in [9.17, 15) is 22.4 Å². The molecule has 0 aromatic heterocycles. The van der Waals surface area contributed by atoms with Gasteiger partial charge < -0.3 is 14.8 Å². The maximum Gasteiger partial charge on any atom is 0.334 e. The molecule has 1 amide bonds. The molecule has 0 atom stereocenters. The van der Waals surface area contributed by atoms with Gasteiger partial charge in [0.25, 0.3) is 15.9 Å². The van der Waals surface area contributed by atoms with Crippen LogP contribution in [0, 0.1) is 5.82 Å². The van der Waals surface area contributed by atoms with E-state index >= 15 is 0 Å². The number of carbonyl (C=O) groups excluding carboxylic acids is 2. The van der Waals surface area contributed by atoms with E-state index in [4.69, 9.17) is 4.74 Å². The number of carbonyl (C=O) groups is 2. The van der Waals surface area contributed by atoms with Crippen molar-refractivity contribution in [1.29, 1.82) is 0 Å². The highest BCUT2D eigenvalue weighted by Gasteiger charge is 2.16. The molecule has 11 heteroatoms. The molecule has 150 valence electrons. The van der Waals surface area contributed by atoms with Crippen LogP contribution in [-0.2, 0) is 29.2 Å². The van der Waals surface area contributed by atoms with Gasteiger partial charge >= 0.3 is 5.97 Å². The molecule has 2 rings (SSSR count). The summed E-state index contributed by atoms with van der Waals surface area (Å²) in [4.78, 5) is 29.3. The molecule has 28 heavy (non-hydrogen) atoms. The second-order valence-corrected chi connectivity index (χ2v) is 6.92. The number of esters is 1. The average Bonchev–Trinajstić information content (AvgIpc) is 2.67. The van der Waals surface area contributed by atoms with Crippen molar-refractivity contribution in [2.24, 2.45) is 0 Å². The minimum Gasteiger partial charge on any atom is -0.497 e. The molecule has 2 aromatic carbocycles. The highest BCUT2D eigenvalue weighted by Crippen LogP contribution is 2.16. The third kappa shape index (κ3) is 6.61. The molecular formula is C17H17FN2O7S. The summed E-state index contributed by atoms with van der Waals surface area (Å²) in [5.74, 6) is -1.64. The van der Waals surface area contributed by atoms with Gasteiger partial charge in [-0.15, -0.1) is 0 Å². The number of methoxy groups -OCH3 is 1. The first kappa shape index (κ1) is 21.3. The molecule has 0 heterocycles. The summed E-state index contributed by atoms with van der Waals surface area (Å²) in [6, 6.07) is 10.5. The molecule has 0 radical (unpaired) electrons. The van der Waals surface area contributed by atoms with Crippen LogP contribution in [0.25, 0.3) is 0 Å². The molecule has 2 aromatic rings. The number of amides is 1. The van der Waals surface area contributed by atoms with Crippen molar-refractivity contribution in [3.63, 3.8) is 0 Å². The second-order valence-electron chi connectivity index (χ2n) is 5.27. The van der Waals surface area contributed by atoms with Crippen molar-refractivity contribution in [3.05, 3.63) is 54.3 Å². The van der Waals surface area contributed by atoms with Crippen LogP contribution in [0.4, 0.5) is 10.1 Å². The van der Waals surface area contributed by atoms with Gasteiger partial charge in [-0.2, -0.15) is 0 Å². The Morgan fingerprint density at radius 2 is 1.79 bits per heavy atom. The summed E-state index contributed by atoms with van der Waals surface area (Å²) >= 11 is 0. The first-order valence-electron chi connectivity index (χ1n) is 7.79. The van der Waals surface area contributed by atoms with Crippen molar-refractivity contribution in [2.75, 3.05) is 25.6 Å². The SMILES string of the molecule is COc1cccc(NC(=O)COC(=O)CONS(=O)(=O)c2ccc(F)cc2)c1. The van der Waals surface area contributed by atoms with Gasteiger partial charge in [0.15, 0.2) is 13.2 Å². The van der Waals surface area contributed by atoms with Gasteiger partial charge in [0.05, 0.1) is 12.0 Å². The molecule has 0 spiro atoms. The minimum atomic E-state index is -4.09. The van der Waals surface area contributed by atoms with E-state index in [1.807, 2.05) is 0 Å². The van der Waals surface area contributed by atoms with Gasteiger partial charge in [-0.25, -0.2) is 17.6 Å². The summed E-state index contributed by atoms with van der Waals surface area (Å²) < 4.78 is 46.2. The number of ether oxygens (including phenoxy) is 2. The number of hydrogen-bond donors (Lipinski definition) is 2. The Labute approximate surface area is 160 Å². The Kier molecular flexibility index (Phi) is 7.44. The predicted molar refractivity (Wildman–Crippen MR) is 95.3 cm³/mol. The summed E-state index contributed by atoms with van der Waals surface area (Å²) in [5, 5.41) is 2.50. The number of hydrogen-bond acceptors (Lipinski definition) is 7. The van der Waals surface area contributed by atoms with Crippen molar-refractivity contribution in [2.45, 2.75) is 4.90 Å². The number of sulfonamides is 1. The summed E-state index contributed by atoms with van der Waals surface area (Å²) in [6.45, 7) is -1.36. The molecule has 0 aliphatic rings. The van der Waals surface area contributed by atoms with Crippen LogP contribution in [0.3, 0.4) is 0 Å². The van der Waals surface area contributed by atoms with Crippen LogP contribution in [-0.4, -0.2) is 40.6 Å². The largest absolute Gasteiger partial charge is 0.497 e. The topological polar surface area (TPSA) is 120 Å². The van der Waals surface area contributed by atoms with E-state index in [1.165, 1.54) is 7.11 Å². The zero-order chi connectivity index (χ0) is 20.6. The van der Waals surface area contributed by atoms with E-state index in [0.29, 0.717) is 11.4 Å². The normalized spacial score (nSPS) is 10.9. The van der Waals surface area contributed by atoms with Crippen molar-refractivity contribution < 1.29 is 36.7 Å². The molecule has 0 bridgehead atoms. The van der Waals surface area contributed by atoms with Crippen molar-refractivity contribution in [3.8, 4) is 5.75 Å². The van der Waals surface area contributed by atoms with Crippen LogP contribution in [0.5, 0.6) is 5.75 Å². The summed E-state index contributed by atoms with van der Waals surface area (Å²) in [5.41, 5.74) is 0.448. The van der Waals surface area contributed by atoms with Crippen LogP contribution >= 0.6 is 0 Å². The lowest BCUT2D eigenvalue weighted by Gasteiger charge is -2.09. The predicted octanol–water partition coefficient (Wildman–Crippen LogP) is 1.23. The molecular weight excluding hydrogens is 395 g/mol. The fraction of sp³-hybridized carbons (Fsp3) is 0.176. The lowest BCUT2D eigenvalue weighted by molar-refractivity contribution is -0.152. The zero-order valence-corrected chi connectivity index (χ0v) is 15.5. The highest BCUT2D eigenvalue weighted by molar-refractivity contribution is 7.89. The molecule has 0 fully saturated rings. The first-order valence-corrected chi connectivity index (χ1v) is 9.27. The maximum absolute atomic E-state index is 12.8. The number of rotatable bonds is 9. The van der Waals surface area contributed by atoms with Crippen LogP contribution in [0.15, 0.2) is 53.4 Å². The average molecular weight is 412 g/mol. The third-order valence-corrected chi connectivity index (χ3v) is 4.43. The Bertz CT molecular complexity index is 933. The number of benzene rings is 2. The monoisotopic (exact) mass is 412 g/mol. The maximum atomic E-state index is 12.8. The molecule has 0 unspecified atom stereocenters. The second kappa shape index (κ2) is 9.78. The van der Waals surface area contributed by atoms with Crippen molar-refractivity contribution >= 4 is 27.6 Å². The summed E-state index contributed by atoms with van der Waals surface area (Å²) in [6.07, 6.45) is 0. The molecule has 0 aliphatic carbocycles. The fourth-order valence-electron chi connectivity index (χ4n) is 1.91. The van der Waals surface area contributed by atoms with E-state index in [-0.39, 0.29) is 4.90 Å². The van der Waals surface area contributed by atoms with E-state index < -0.39 is 40.9 Å². The van der Waals surface area contributed by atoms with Gasteiger partial charge in [-0.3, -0.25) is 9.63 Å². The van der Waals surface area contributed by atoms with Gasteiger partial charge in [-0.05, 0) is 36.4 Å². The quantitative estimate of drug-likeness (QED) is 0.469. The Hall–Kier alpha value is -3.02. The first-order chi connectivity index (χ1) is 13.3. The minimum absolute atomic E-state index is 0.250. The van der Waals surface area contributed by atoms with Crippen LogP contribution in [0.1, 0.15) is 0 Å². The molecule has 9 nitrogen and oxygen atoms in total.